The van der Waals surface area contributed by atoms with Crippen LogP contribution in [0.3, 0.4) is 0 Å². The summed E-state index contributed by atoms with van der Waals surface area (Å²) in [6.07, 6.45) is 0.191. The lowest BCUT2D eigenvalue weighted by Gasteiger charge is -2.11. The standard InChI is InChI=1S/C16H17NO2.ClH/c17-15(14-9-5-2-6-10-14)11-16(18)19-12-13-7-3-1-4-8-13;/h1-10,15H,11-12,17H2;1H. The average Bonchev–Trinajstić information content (AvgIpc) is 2.47. The van der Waals surface area contributed by atoms with Gasteiger partial charge in [0.25, 0.3) is 0 Å². The maximum absolute atomic E-state index is 11.7. The van der Waals surface area contributed by atoms with Crippen LogP contribution in [0.5, 0.6) is 0 Å². The monoisotopic (exact) mass is 291 g/mol. The number of carbonyl (C=O) groups is 1. The molecular weight excluding hydrogens is 274 g/mol. The minimum Gasteiger partial charge on any atom is -0.461 e. The van der Waals surface area contributed by atoms with Crippen LogP contribution < -0.4 is 5.73 Å². The number of hydrogen-bond donors (Lipinski definition) is 1. The summed E-state index contributed by atoms with van der Waals surface area (Å²) in [5.41, 5.74) is 7.88. The van der Waals surface area contributed by atoms with E-state index < -0.39 is 0 Å². The first-order chi connectivity index (χ1) is 9.25. The summed E-state index contributed by atoms with van der Waals surface area (Å²) in [7, 11) is 0. The van der Waals surface area contributed by atoms with E-state index in [-0.39, 0.29) is 30.8 Å². The molecule has 0 amide bonds. The van der Waals surface area contributed by atoms with Gasteiger partial charge in [0.2, 0.25) is 0 Å². The molecule has 0 saturated heterocycles. The maximum atomic E-state index is 11.7. The quantitative estimate of drug-likeness (QED) is 0.861. The fourth-order valence-electron chi connectivity index (χ4n) is 1.79. The minimum atomic E-state index is -0.315. The van der Waals surface area contributed by atoms with Crippen LogP contribution in [0.1, 0.15) is 23.6 Å². The van der Waals surface area contributed by atoms with Crippen LogP contribution in [-0.2, 0) is 16.1 Å². The summed E-state index contributed by atoms with van der Waals surface area (Å²) in [4.78, 5) is 11.7. The van der Waals surface area contributed by atoms with Crippen molar-refractivity contribution < 1.29 is 9.53 Å². The van der Waals surface area contributed by atoms with Crippen molar-refractivity contribution >= 4 is 18.4 Å². The van der Waals surface area contributed by atoms with E-state index in [0.29, 0.717) is 6.61 Å². The largest absolute Gasteiger partial charge is 0.461 e. The fraction of sp³-hybridized carbons (Fsp3) is 0.188. The van der Waals surface area contributed by atoms with Gasteiger partial charge in [-0.3, -0.25) is 4.79 Å². The van der Waals surface area contributed by atoms with Crippen LogP contribution in [0.15, 0.2) is 60.7 Å². The van der Waals surface area contributed by atoms with E-state index in [4.69, 9.17) is 10.5 Å². The van der Waals surface area contributed by atoms with Crippen molar-refractivity contribution in [3.8, 4) is 0 Å². The highest BCUT2D eigenvalue weighted by Crippen LogP contribution is 2.14. The molecule has 2 N–H and O–H groups in total. The van der Waals surface area contributed by atoms with E-state index in [0.717, 1.165) is 11.1 Å². The number of carbonyl (C=O) groups excluding carboxylic acids is 1. The lowest BCUT2D eigenvalue weighted by Crippen LogP contribution is -2.17. The first kappa shape index (κ1) is 16.2. The van der Waals surface area contributed by atoms with Crippen molar-refractivity contribution in [2.45, 2.75) is 19.1 Å². The predicted molar refractivity (Wildman–Crippen MR) is 81.5 cm³/mol. The molecule has 4 heteroatoms. The van der Waals surface area contributed by atoms with Gasteiger partial charge in [-0.15, -0.1) is 12.4 Å². The number of rotatable bonds is 5. The van der Waals surface area contributed by atoms with Gasteiger partial charge in [-0.2, -0.15) is 0 Å². The second-order valence-electron chi connectivity index (χ2n) is 4.37. The highest BCUT2D eigenvalue weighted by atomic mass is 35.5. The molecule has 0 aliphatic carbocycles. The Labute approximate surface area is 125 Å². The molecule has 1 unspecified atom stereocenters. The van der Waals surface area contributed by atoms with Gasteiger partial charge < -0.3 is 10.5 Å². The number of hydrogen-bond acceptors (Lipinski definition) is 3. The van der Waals surface area contributed by atoms with Crippen LogP contribution >= 0.6 is 12.4 Å². The molecule has 3 nitrogen and oxygen atoms in total. The normalized spacial score (nSPS) is 11.2. The lowest BCUT2D eigenvalue weighted by atomic mass is 10.1. The third-order valence-electron chi connectivity index (χ3n) is 2.86. The van der Waals surface area contributed by atoms with E-state index in [1.807, 2.05) is 60.7 Å². The van der Waals surface area contributed by atoms with E-state index in [2.05, 4.69) is 0 Å². The molecule has 1 atom stereocenters. The Hall–Kier alpha value is -1.84. The zero-order valence-corrected chi connectivity index (χ0v) is 11.9. The summed E-state index contributed by atoms with van der Waals surface area (Å²) in [5, 5.41) is 0. The van der Waals surface area contributed by atoms with Gasteiger partial charge in [0.05, 0.1) is 6.42 Å². The molecule has 0 aliphatic rings. The van der Waals surface area contributed by atoms with Crippen molar-refractivity contribution in [1.82, 2.24) is 0 Å². The molecule has 0 bridgehead atoms. The van der Waals surface area contributed by atoms with Gasteiger partial charge in [0.15, 0.2) is 0 Å². The molecule has 0 aromatic heterocycles. The summed E-state index contributed by atoms with van der Waals surface area (Å²) in [6, 6.07) is 18.8. The van der Waals surface area contributed by atoms with E-state index in [1.165, 1.54) is 0 Å². The molecule has 20 heavy (non-hydrogen) atoms. The highest BCUT2D eigenvalue weighted by Gasteiger charge is 2.12. The van der Waals surface area contributed by atoms with Crippen LogP contribution in [0, 0.1) is 0 Å². The molecular formula is C16H18ClNO2. The first-order valence-electron chi connectivity index (χ1n) is 6.26. The van der Waals surface area contributed by atoms with Crippen molar-refractivity contribution in [2.24, 2.45) is 5.73 Å². The zero-order chi connectivity index (χ0) is 13.5. The van der Waals surface area contributed by atoms with Crippen molar-refractivity contribution in [2.75, 3.05) is 0 Å². The molecule has 2 aromatic carbocycles. The SMILES string of the molecule is Cl.NC(CC(=O)OCc1ccccc1)c1ccccc1. The summed E-state index contributed by atoms with van der Waals surface area (Å²) >= 11 is 0. The van der Waals surface area contributed by atoms with Crippen LogP contribution in [0.25, 0.3) is 0 Å². The van der Waals surface area contributed by atoms with E-state index in [9.17, 15) is 4.79 Å². The third kappa shape index (κ3) is 5.03. The zero-order valence-electron chi connectivity index (χ0n) is 11.1. The van der Waals surface area contributed by atoms with Gasteiger partial charge in [-0.1, -0.05) is 60.7 Å². The van der Waals surface area contributed by atoms with Gasteiger partial charge in [-0.05, 0) is 11.1 Å². The van der Waals surface area contributed by atoms with Crippen molar-refractivity contribution in [3.63, 3.8) is 0 Å². The topological polar surface area (TPSA) is 52.3 Å². The molecule has 106 valence electrons. The van der Waals surface area contributed by atoms with Crippen LogP contribution in [0.2, 0.25) is 0 Å². The molecule has 2 rings (SSSR count). The van der Waals surface area contributed by atoms with Crippen molar-refractivity contribution in [3.05, 3.63) is 71.8 Å². The van der Waals surface area contributed by atoms with Gasteiger partial charge in [0, 0.05) is 6.04 Å². The molecule has 0 saturated carbocycles. The smallest absolute Gasteiger partial charge is 0.308 e. The van der Waals surface area contributed by atoms with E-state index in [1.54, 1.807) is 0 Å². The van der Waals surface area contributed by atoms with Crippen molar-refractivity contribution in [1.29, 1.82) is 0 Å². The fourth-order valence-corrected chi connectivity index (χ4v) is 1.79. The molecule has 0 heterocycles. The molecule has 0 spiro atoms. The third-order valence-corrected chi connectivity index (χ3v) is 2.86. The predicted octanol–water partition coefficient (Wildman–Crippen LogP) is 3.24. The Balaban J connectivity index is 0.00000200. The van der Waals surface area contributed by atoms with Gasteiger partial charge >= 0.3 is 5.97 Å². The van der Waals surface area contributed by atoms with E-state index >= 15 is 0 Å². The first-order valence-corrected chi connectivity index (χ1v) is 6.26. The Morgan fingerprint density at radius 1 is 1.00 bits per heavy atom. The van der Waals surface area contributed by atoms with Gasteiger partial charge in [0.1, 0.15) is 6.61 Å². The summed E-state index contributed by atoms with van der Waals surface area (Å²) in [6.45, 7) is 0.293. The lowest BCUT2D eigenvalue weighted by molar-refractivity contribution is -0.145. The Bertz CT molecular complexity index is 517. The number of ether oxygens (including phenoxy) is 1. The minimum absolute atomic E-state index is 0. The van der Waals surface area contributed by atoms with Crippen LogP contribution in [-0.4, -0.2) is 5.97 Å². The average molecular weight is 292 g/mol. The Morgan fingerprint density at radius 3 is 2.15 bits per heavy atom. The summed E-state index contributed by atoms with van der Waals surface area (Å²) < 4.78 is 5.20. The second-order valence-corrected chi connectivity index (χ2v) is 4.37. The van der Waals surface area contributed by atoms with Crippen LogP contribution in [0.4, 0.5) is 0 Å². The number of esters is 1. The second kappa shape index (κ2) is 8.35. The summed E-state index contributed by atoms with van der Waals surface area (Å²) in [5.74, 6) is -0.278. The molecule has 0 aliphatic heterocycles. The Morgan fingerprint density at radius 2 is 1.55 bits per heavy atom. The Kier molecular flexibility index (Phi) is 6.77. The molecule has 0 fully saturated rings. The number of benzene rings is 2. The maximum Gasteiger partial charge on any atom is 0.308 e. The molecule has 0 radical (unpaired) electrons. The van der Waals surface area contributed by atoms with Gasteiger partial charge in [-0.25, -0.2) is 0 Å². The highest BCUT2D eigenvalue weighted by molar-refractivity contribution is 5.85. The number of halogens is 1. The molecule has 2 aromatic rings. The number of nitrogens with two attached hydrogens (primary N) is 1.